The lowest BCUT2D eigenvalue weighted by Gasteiger charge is -2.37. The molecule has 4 heteroatoms. The highest BCUT2D eigenvalue weighted by Gasteiger charge is 2.23. The second kappa shape index (κ2) is 9.51. The fraction of sp³-hybridized carbons (Fsp3) is 1.00. The van der Waals surface area contributed by atoms with Crippen molar-refractivity contribution in [2.24, 2.45) is 5.92 Å². The first-order chi connectivity index (χ1) is 10.5. The van der Waals surface area contributed by atoms with E-state index < -0.39 is 0 Å². The van der Waals surface area contributed by atoms with Crippen LogP contribution in [-0.2, 0) is 4.74 Å². The molecule has 0 aromatic rings. The average molecular weight is 329 g/mol. The summed E-state index contributed by atoms with van der Waals surface area (Å²) in [6.07, 6.45) is 8.44. The molecule has 1 aliphatic carbocycles. The Kier molecular flexibility index (Phi) is 8.02. The van der Waals surface area contributed by atoms with Gasteiger partial charge in [0.1, 0.15) is 0 Å². The number of thiol groups is 1. The van der Waals surface area contributed by atoms with Crippen molar-refractivity contribution in [3.05, 3.63) is 0 Å². The molecular formula is C18H36N2OS. The standard InChI is InChI=1S/C18H36N2OS/c1-15(2)20-13-11-19(12-14-20)10-4-5-17-6-8-18(9-7-17)21-16(3)22/h15-18,22H,4-14H2,1-3H3/t16-,17?,18?/m0/s1. The van der Waals surface area contributed by atoms with Crippen LogP contribution in [-0.4, -0.2) is 60.1 Å². The summed E-state index contributed by atoms with van der Waals surface area (Å²) in [4.78, 5) is 5.26. The van der Waals surface area contributed by atoms with Crippen molar-refractivity contribution in [2.75, 3.05) is 32.7 Å². The molecular weight excluding hydrogens is 292 g/mol. The number of ether oxygens (including phenoxy) is 1. The molecule has 1 atom stereocenters. The molecule has 0 unspecified atom stereocenters. The van der Waals surface area contributed by atoms with Crippen molar-refractivity contribution in [3.8, 4) is 0 Å². The molecule has 2 fully saturated rings. The van der Waals surface area contributed by atoms with Gasteiger partial charge in [0.25, 0.3) is 0 Å². The van der Waals surface area contributed by atoms with Gasteiger partial charge in [0.05, 0.1) is 11.5 Å². The Balaban J connectivity index is 1.53. The van der Waals surface area contributed by atoms with E-state index in [-0.39, 0.29) is 5.44 Å². The van der Waals surface area contributed by atoms with Crippen LogP contribution in [0.5, 0.6) is 0 Å². The van der Waals surface area contributed by atoms with Gasteiger partial charge in [-0.3, -0.25) is 4.90 Å². The first-order valence-corrected chi connectivity index (χ1v) is 9.86. The monoisotopic (exact) mass is 328 g/mol. The summed E-state index contributed by atoms with van der Waals surface area (Å²) in [5.41, 5.74) is 0.0889. The van der Waals surface area contributed by atoms with E-state index in [9.17, 15) is 0 Å². The average Bonchev–Trinajstić information content (AvgIpc) is 2.49. The number of nitrogens with zero attached hydrogens (tertiary/aromatic N) is 2. The minimum absolute atomic E-state index is 0.0889. The van der Waals surface area contributed by atoms with Crippen LogP contribution in [0.25, 0.3) is 0 Å². The van der Waals surface area contributed by atoms with Crippen molar-refractivity contribution in [1.82, 2.24) is 9.80 Å². The second-order valence-corrected chi connectivity index (χ2v) is 8.22. The maximum Gasteiger partial charge on any atom is 0.0975 e. The normalized spacial score (nSPS) is 29.9. The molecule has 0 radical (unpaired) electrons. The zero-order valence-electron chi connectivity index (χ0n) is 14.8. The summed E-state index contributed by atoms with van der Waals surface area (Å²) in [6, 6.07) is 0.708. The van der Waals surface area contributed by atoms with Gasteiger partial charge in [0.15, 0.2) is 0 Å². The van der Waals surface area contributed by atoms with Gasteiger partial charge in [-0.1, -0.05) is 0 Å². The highest BCUT2D eigenvalue weighted by molar-refractivity contribution is 7.80. The second-order valence-electron chi connectivity index (χ2n) is 7.49. The van der Waals surface area contributed by atoms with E-state index in [1.54, 1.807) is 0 Å². The first kappa shape index (κ1) is 18.6. The molecule has 1 saturated heterocycles. The molecule has 1 aliphatic heterocycles. The van der Waals surface area contributed by atoms with E-state index >= 15 is 0 Å². The van der Waals surface area contributed by atoms with Crippen molar-refractivity contribution >= 4 is 12.6 Å². The van der Waals surface area contributed by atoms with Crippen LogP contribution in [0.15, 0.2) is 0 Å². The van der Waals surface area contributed by atoms with E-state index in [2.05, 4.69) is 36.3 Å². The molecule has 0 spiro atoms. The van der Waals surface area contributed by atoms with E-state index in [1.807, 2.05) is 6.92 Å². The SMILES string of the molecule is CC(C)N1CCN(CCCC2CCC(O[C@H](C)S)CC2)CC1. The Bertz CT molecular complexity index is 295. The lowest BCUT2D eigenvalue weighted by atomic mass is 9.84. The molecule has 2 rings (SSSR count). The predicted octanol–water partition coefficient (Wildman–Crippen LogP) is 3.64. The molecule has 0 aromatic carbocycles. The fourth-order valence-electron chi connectivity index (χ4n) is 3.94. The van der Waals surface area contributed by atoms with Crippen molar-refractivity contribution in [2.45, 2.75) is 76.9 Å². The molecule has 22 heavy (non-hydrogen) atoms. The Morgan fingerprint density at radius 3 is 2.18 bits per heavy atom. The Labute approximate surface area is 143 Å². The summed E-state index contributed by atoms with van der Waals surface area (Å²) in [5, 5.41) is 0. The van der Waals surface area contributed by atoms with Crippen molar-refractivity contribution in [3.63, 3.8) is 0 Å². The molecule has 130 valence electrons. The predicted molar refractivity (Wildman–Crippen MR) is 97.7 cm³/mol. The van der Waals surface area contributed by atoms with Crippen molar-refractivity contribution in [1.29, 1.82) is 0 Å². The third kappa shape index (κ3) is 6.38. The van der Waals surface area contributed by atoms with Crippen LogP contribution in [0, 0.1) is 5.92 Å². The van der Waals surface area contributed by atoms with Crippen molar-refractivity contribution < 1.29 is 4.74 Å². The summed E-state index contributed by atoms with van der Waals surface area (Å²) in [7, 11) is 0. The van der Waals surface area contributed by atoms with Gasteiger partial charge < -0.3 is 9.64 Å². The number of hydrogen-bond donors (Lipinski definition) is 1. The first-order valence-electron chi connectivity index (χ1n) is 9.34. The van der Waals surface area contributed by atoms with E-state index in [0.717, 1.165) is 5.92 Å². The summed E-state index contributed by atoms with van der Waals surface area (Å²) < 4.78 is 5.82. The van der Waals surface area contributed by atoms with Crippen LogP contribution >= 0.6 is 12.6 Å². The summed E-state index contributed by atoms with van der Waals surface area (Å²) in [5.74, 6) is 0.937. The highest BCUT2D eigenvalue weighted by atomic mass is 32.1. The molecule has 0 amide bonds. The Hall–Kier alpha value is 0.230. The van der Waals surface area contributed by atoms with Gasteiger partial charge >= 0.3 is 0 Å². The van der Waals surface area contributed by atoms with Gasteiger partial charge in [-0.2, -0.15) is 0 Å². The zero-order chi connectivity index (χ0) is 15.9. The van der Waals surface area contributed by atoms with Gasteiger partial charge in [0.2, 0.25) is 0 Å². The molecule has 3 nitrogen and oxygen atoms in total. The van der Waals surface area contributed by atoms with E-state index in [4.69, 9.17) is 4.74 Å². The number of hydrogen-bond acceptors (Lipinski definition) is 4. The van der Waals surface area contributed by atoms with Gasteiger partial charge in [0, 0.05) is 32.2 Å². The topological polar surface area (TPSA) is 15.7 Å². The smallest absolute Gasteiger partial charge is 0.0975 e. The maximum absolute atomic E-state index is 5.82. The van der Waals surface area contributed by atoms with Crippen LogP contribution in [0.2, 0.25) is 0 Å². The molecule has 2 aliphatic rings. The minimum atomic E-state index is 0.0889. The molecule has 1 heterocycles. The Morgan fingerprint density at radius 2 is 1.64 bits per heavy atom. The molecule has 1 saturated carbocycles. The maximum atomic E-state index is 5.82. The van der Waals surface area contributed by atoms with E-state index in [1.165, 1.54) is 71.2 Å². The minimum Gasteiger partial charge on any atom is -0.365 e. The van der Waals surface area contributed by atoms with Crippen LogP contribution in [0.1, 0.15) is 59.3 Å². The quantitative estimate of drug-likeness (QED) is 0.567. The molecule has 0 aromatic heterocycles. The largest absolute Gasteiger partial charge is 0.365 e. The number of rotatable bonds is 7. The van der Waals surface area contributed by atoms with Gasteiger partial charge in [-0.05, 0) is 71.8 Å². The van der Waals surface area contributed by atoms with Crippen LogP contribution in [0.3, 0.4) is 0 Å². The van der Waals surface area contributed by atoms with Crippen LogP contribution in [0.4, 0.5) is 0 Å². The molecule has 0 N–H and O–H groups in total. The zero-order valence-corrected chi connectivity index (χ0v) is 15.7. The third-order valence-corrected chi connectivity index (χ3v) is 5.53. The van der Waals surface area contributed by atoms with E-state index in [0.29, 0.717) is 12.1 Å². The fourth-order valence-corrected chi connectivity index (χ4v) is 4.11. The molecule has 0 bridgehead atoms. The van der Waals surface area contributed by atoms with Gasteiger partial charge in [-0.15, -0.1) is 12.6 Å². The van der Waals surface area contributed by atoms with Crippen LogP contribution < -0.4 is 0 Å². The highest BCUT2D eigenvalue weighted by Crippen LogP contribution is 2.30. The summed E-state index contributed by atoms with van der Waals surface area (Å²) >= 11 is 4.33. The Morgan fingerprint density at radius 1 is 1.00 bits per heavy atom. The lowest BCUT2D eigenvalue weighted by molar-refractivity contribution is 0.00957. The van der Waals surface area contributed by atoms with Gasteiger partial charge in [-0.25, -0.2) is 0 Å². The number of piperazine rings is 1. The summed E-state index contributed by atoms with van der Waals surface area (Å²) in [6.45, 7) is 13.0. The lowest BCUT2D eigenvalue weighted by Crippen LogP contribution is -2.48. The third-order valence-electron chi connectivity index (χ3n) is 5.41.